The third-order valence-electron chi connectivity index (χ3n) is 2.65. The van der Waals surface area contributed by atoms with E-state index in [1.807, 2.05) is 30.3 Å². The van der Waals surface area contributed by atoms with Crippen LogP contribution in [0.15, 0.2) is 30.3 Å². The van der Waals surface area contributed by atoms with E-state index in [1.165, 1.54) is 0 Å². The topological polar surface area (TPSA) is 70.0 Å². The molecule has 1 aliphatic heterocycles. The Kier molecular flexibility index (Phi) is 3.07. The summed E-state index contributed by atoms with van der Waals surface area (Å²) >= 11 is 0. The van der Waals surface area contributed by atoms with Gasteiger partial charge in [0.1, 0.15) is 6.73 Å². The van der Waals surface area contributed by atoms with E-state index in [0.717, 1.165) is 10.5 Å². The smallest absolute Gasteiger partial charge is 0.409 e. The van der Waals surface area contributed by atoms with Gasteiger partial charge in [0.05, 0.1) is 6.04 Å². The zero-order valence-corrected chi connectivity index (χ0v) is 8.61. The lowest BCUT2D eigenvalue weighted by Gasteiger charge is -2.20. The summed E-state index contributed by atoms with van der Waals surface area (Å²) < 4.78 is 4.91. The Bertz CT molecular complexity index is 368. The standard InChI is InChI=1S/C11H13NO4/c13-10-9(12(7-16-10)11(14)15)6-8-4-2-1-3-5-8/h1-5,9-10,13H,6-7H2,(H,14,15)/t9-,10+/m0/s1. The molecule has 0 unspecified atom stereocenters. The quantitative estimate of drug-likeness (QED) is 0.781. The number of aliphatic hydroxyl groups excluding tert-OH is 1. The summed E-state index contributed by atoms with van der Waals surface area (Å²) in [7, 11) is 0. The highest BCUT2D eigenvalue weighted by atomic mass is 16.6. The van der Waals surface area contributed by atoms with Crippen molar-refractivity contribution >= 4 is 6.09 Å². The van der Waals surface area contributed by atoms with Crippen molar-refractivity contribution in [1.29, 1.82) is 0 Å². The third-order valence-corrected chi connectivity index (χ3v) is 2.65. The Hall–Kier alpha value is -1.59. The first-order valence-electron chi connectivity index (χ1n) is 5.01. The maximum absolute atomic E-state index is 10.9. The first-order chi connectivity index (χ1) is 7.68. The van der Waals surface area contributed by atoms with E-state index in [1.54, 1.807) is 0 Å². The molecule has 1 fully saturated rings. The number of ether oxygens (including phenoxy) is 1. The molecule has 0 bridgehead atoms. The van der Waals surface area contributed by atoms with Crippen molar-refractivity contribution < 1.29 is 19.7 Å². The van der Waals surface area contributed by atoms with Crippen molar-refractivity contribution in [2.75, 3.05) is 6.73 Å². The largest absolute Gasteiger partial charge is 0.465 e. The Morgan fingerprint density at radius 1 is 1.44 bits per heavy atom. The fraction of sp³-hybridized carbons (Fsp3) is 0.364. The number of aliphatic hydroxyl groups is 1. The van der Waals surface area contributed by atoms with Crippen LogP contribution in [0.4, 0.5) is 4.79 Å². The summed E-state index contributed by atoms with van der Waals surface area (Å²) in [5, 5.41) is 18.5. The molecule has 1 saturated heterocycles. The second-order valence-corrected chi connectivity index (χ2v) is 3.70. The molecule has 5 nitrogen and oxygen atoms in total. The van der Waals surface area contributed by atoms with Gasteiger partial charge in [-0.05, 0) is 12.0 Å². The molecule has 0 spiro atoms. The molecule has 1 heterocycles. The van der Waals surface area contributed by atoms with Gasteiger partial charge in [0.25, 0.3) is 0 Å². The lowest BCUT2D eigenvalue weighted by Crippen LogP contribution is -2.40. The van der Waals surface area contributed by atoms with Crippen LogP contribution in [0.2, 0.25) is 0 Å². The zero-order chi connectivity index (χ0) is 11.5. The van der Waals surface area contributed by atoms with Crippen molar-refractivity contribution in [2.45, 2.75) is 18.8 Å². The molecular weight excluding hydrogens is 210 g/mol. The summed E-state index contributed by atoms with van der Waals surface area (Å²) in [5.41, 5.74) is 0.975. The molecular formula is C11H13NO4. The lowest BCUT2D eigenvalue weighted by atomic mass is 10.1. The third kappa shape index (κ3) is 2.15. The minimum Gasteiger partial charge on any atom is -0.465 e. The number of carbonyl (C=O) groups is 1. The zero-order valence-electron chi connectivity index (χ0n) is 8.61. The van der Waals surface area contributed by atoms with Gasteiger partial charge >= 0.3 is 6.09 Å². The van der Waals surface area contributed by atoms with Gasteiger partial charge < -0.3 is 14.9 Å². The molecule has 1 aromatic carbocycles. The van der Waals surface area contributed by atoms with Crippen LogP contribution in [0.1, 0.15) is 5.56 Å². The van der Waals surface area contributed by atoms with Gasteiger partial charge in [-0.3, -0.25) is 4.90 Å². The van der Waals surface area contributed by atoms with E-state index >= 15 is 0 Å². The van der Waals surface area contributed by atoms with Crippen molar-refractivity contribution in [3.8, 4) is 0 Å². The van der Waals surface area contributed by atoms with Gasteiger partial charge in [-0.2, -0.15) is 0 Å². The fourth-order valence-corrected chi connectivity index (χ4v) is 1.78. The van der Waals surface area contributed by atoms with Gasteiger partial charge in [-0.15, -0.1) is 0 Å². The molecule has 2 N–H and O–H groups in total. The summed E-state index contributed by atoms with van der Waals surface area (Å²) in [6.07, 6.45) is -1.66. The molecule has 0 aliphatic carbocycles. The number of amides is 1. The van der Waals surface area contributed by atoms with E-state index in [9.17, 15) is 9.90 Å². The SMILES string of the molecule is O=C(O)N1CO[C@@H](O)[C@@H]1Cc1ccccc1. The molecule has 16 heavy (non-hydrogen) atoms. The highest BCUT2D eigenvalue weighted by molar-refractivity contribution is 5.65. The molecule has 0 saturated carbocycles. The maximum Gasteiger partial charge on any atom is 0.409 e. The summed E-state index contributed by atoms with van der Waals surface area (Å²) in [5.74, 6) is 0. The minimum atomic E-state index is -1.07. The predicted octanol–water partition coefficient (Wildman–Crippen LogP) is 0.884. The molecule has 2 rings (SSSR count). The Morgan fingerprint density at radius 3 is 2.75 bits per heavy atom. The second kappa shape index (κ2) is 4.51. The van der Waals surface area contributed by atoms with Crippen LogP contribution in [0.3, 0.4) is 0 Å². The number of hydrogen-bond donors (Lipinski definition) is 2. The van der Waals surface area contributed by atoms with E-state index in [-0.39, 0.29) is 6.73 Å². The molecule has 1 aromatic rings. The van der Waals surface area contributed by atoms with Gasteiger partial charge in [0.15, 0.2) is 6.29 Å². The highest BCUT2D eigenvalue weighted by Gasteiger charge is 2.36. The van der Waals surface area contributed by atoms with Crippen LogP contribution in [0.25, 0.3) is 0 Å². The van der Waals surface area contributed by atoms with E-state index in [0.29, 0.717) is 6.42 Å². The van der Waals surface area contributed by atoms with Gasteiger partial charge in [-0.25, -0.2) is 4.79 Å². The average molecular weight is 223 g/mol. The summed E-state index contributed by atoms with van der Waals surface area (Å²) in [4.78, 5) is 12.0. The number of rotatable bonds is 2. The van der Waals surface area contributed by atoms with Crippen molar-refractivity contribution in [3.63, 3.8) is 0 Å². The van der Waals surface area contributed by atoms with Crippen LogP contribution in [-0.4, -0.2) is 40.3 Å². The Labute approximate surface area is 92.9 Å². The number of benzene rings is 1. The Morgan fingerprint density at radius 2 is 2.12 bits per heavy atom. The van der Waals surface area contributed by atoms with E-state index in [4.69, 9.17) is 9.84 Å². The average Bonchev–Trinajstić information content (AvgIpc) is 2.62. The fourth-order valence-electron chi connectivity index (χ4n) is 1.78. The number of nitrogens with zero attached hydrogens (tertiary/aromatic N) is 1. The normalized spacial score (nSPS) is 24.7. The molecule has 5 heteroatoms. The van der Waals surface area contributed by atoms with Gasteiger partial charge in [0.2, 0.25) is 0 Å². The van der Waals surface area contributed by atoms with Crippen LogP contribution in [0, 0.1) is 0 Å². The van der Waals surface area contributed by atoms with Crippen LogP contribution >= 0.6 is 0 Å². The van der Waals surface area contributed by atoms with E-state index in [2.05, 4.69) is 0 Å². The monoisotopic (exact) mass is 223 g/mol. The molecule has 1 aliphatic rings. The summed E-state index contributed by atoms with van der Waals surface area (Å²) in [6.45, 7) is -0.0754. The highest BCUT2D eigenvalue weighted by Crippen LogP contribution is 2.19. The first-order valence-corrected chi connectivity index (χ1v) is 5.01. The van der Waals surface area contributed by atoms with Crippen molar-refractivity contribution in [3.05, 3.63) is 35.9 Å². The summed E-state index contributed by atoms with van der Waals surface area (Å²) in [6, 6.07) is 8.90. The van der Waals surface area contributed by atoms with E-state index < -0.39 is 18.4 Å². The first kappa shape index (κ1) is 10.9. The van der Waals surface area contributed by atoms with Crippen LogP contribution in [-0.2, 0) is 11.2 Å². The van der Waals surface area contributed by atoms with Crippen molar-refractivity contribution in [2.24, 2.45) is 0 Å². The minimum absolute atomic E-state index is 0.0754. The molecule has 1 amide bonds. The molecule has 2 atom stereocenters. The molecule has 0 aromatic heterocycles. The van der Waals surface area contributed by atoms with Crippen LogP contribution < -0.4 is 0 Å². The molecule has 0 radical (unpaired) electrons. The van der Waals surface area contributed by atoms with Crippen molar-refractivity contribution in [1.82, 2.24) is 4.90 Å². The number of carboxylic acid groups (broad SMARTS) is 1. The maximum atomic E-state index is 10.9. The van der Waals surface area contributed by atoms with Crippen LogP contribution in [0.5, 0.6) is 0 Å². The Balaban J connectivity index is 2.10. The number of hydrogen-bond acceptors (Lipinski definition) is 3. The second-order valence-electron chi connectivity index (χ2n) is 3.70. The lowest BCUT2D eigenvalue weighted by molar-refractivity contribution is -0.0671. The van der Waals surface area contributed by atoms with Gasteiger partial charge in [-0.1, -0.05) is 30.3 Å². The molecule has 86 valence electrons. The van der Waals surface area contributed by atoms with Gasteiger partial charge in [0, 0.05) is 0 Å². The predicted molar refractivity (Wildman–Crippen MR) is 55.8 cm³/mol.